The fraction of sp³-hybridized carbons (Fsp3) is 0.545. The van der Waals surface area contributed by atoms with E-state index in [0.29, 0.717) is 6.54 Å². The number of amides is 2. The van der Waals surface area contributed by atoms with Crippen LogP contribution in [0.3, 0.4) is 0 Å². The van der Waals surface area contributed by atoms with Crippen LogP contribution in [0.4, 0.5) is 0 Å². The number of aromatic nitrogens is 1. The number of hydrogen-bond donors (Lipinski definition) is 1. The number of hydrogen-bond acceptors (Lipinski definition) is 5. The fourth-order valence-corrected chi connectivity index (χ4v) is 2.48. The Morgan fingerprint density at radius 2 is 2.35 bits per heavy atom. The van der Waals surface area contributed by atoms with Gasteiger partial charge in [0.2, 0.25) is 11.8 Å². The molecular formula is C11H15N3O2S. The quantitative estimate of drug-likeness (QED) is 0.796. The molecule has 0 bridgehead atoms. The first kappa shape index (κ1) is 12.2. The molecule has 1 aromatic heterocycles. The highest BCUT2D eigenvalue weighted by molar-refractivity contribution is 7.09. The highest BCUT2D eigenvalue weighted by Crippen LogP contribution is 2.13. The second-order valence-electron chi connectivity index (χ2n) is 4.01. The molecule has 0 aliphatic carbocycles. The maximum Gasteiger partial charge on any atom is 0.246 e. The molecule has 1 aliphatic rings. The lowest BCUT2D eigenvalue weighted by molar-refractivity contribution is -0.137. The number of likely N-dealkylation sites (tertiary alicyclic amines) is 1. The van der Waals surface area contributed by atoms with Gasteiger partial charge in [-0.05, 0) is 6.42 Å². The Morgan fingerprint density at radius 1 is 1.59 bits per heavy atom. The van der Waals surface area contributed by atoms with Gasteiger partial charge in [-0.25, -0.2) is 4.98 Å². The summed E-state index contributed by atoms with van der Waals surface area (Å²) in [5.74, 6) is -0.277. The van der Waals surface area contributed by atoms with E-state index in [1.807, 2.05) is 5.38 Å². The first-order valence-corrected chi connectivity index (χ1v) is 6.46. The third-order valence-corrected chi connectivity index (χ3v) is 3.85. The molecule has 2 heterocycles. The van der Waals surface area contributed by atoms with Crippen molar-refractivity contribution in [2.75, 3.05) is 7.05 Å². The average Bonchev–Trinajstić information content (AvgIpc) is 2.88. The van der Waals surface area contributed by atoms with Crippen LogP contribution < -0.4 is 5.32 Å². The Hall–Kier alpha value is -1.27. The topological polar surface area (TPSA) is 62.3 Å². The van der Waals surface area contributed by atoms with E-state index in [-0.39, 0.29) is 24.3 Å². The minimum Gasteiger partial charge on any atom is -0.300 e. The average molecular weight is 253 g/mol. The zero-order valence-corrected chi connectivity index (χ0v) is 10.7. The molecule has 17 heavy (non-hydrogen) atoms. The van der Waals surface area contributed by atoms with Crippen LogP contribution in [-0.4, -0.2) is 34.8 Å². The first-order chi connectivity index (χ1) is 8.11. The summed E-state index contributed by atoms with van der Waals surface area (Å²) >= 11 is 1.62. The molecule has 1 aromatic rings. The molecule has 92 valence electrons. The van der Waals surface area contributed by atoms with Crippen molar-refractivity contribution in [1.82, 2.24) is 15.2 Å². The van der Waals surface area contributed by atoms with Gasteiger partial charge < -0.3 is 0 Å². The molecule has 1 aliphatic heterocycles. The van der Waals surface area contributed by atoms with Crippen LogP contribution in [0.1, 0.15) is 24.0 Å². The van der Waals surface area contributed by atoms with Gasteiger partial charge in [0.15, 0.2) is 0 Å². The molecule has 1 atom stereocenters. The predicted octanol–water partition coefficient (Wildman–Crippen LogP) is 0.552. The van der Waals surface area contributed by atoms with E-state index in [1.165, 1.54) is 11.9 Å². The van der Waals surface area contributed by atoms with Crippen molar-refractivity contribution in [2.45, 2.75) is 32.4 Å². The van der Waals surface area contributed by atoms with E-state index >= 15 is 0 Å². The van der Waals surface area contributed by atoms with Crippen LogP contribution in [0.5, 0.6) is 0 Å². The molecule has 5 nitrogen and oxygen atoms in total. The van der Waals surface area contributed by atoms with Crippen molar-refractivity contribution in [2.24, 2.45) is 0 Å². The Balaban J connectivity index is 1.90. The minimum atomic E-state index is -0.390. The van der Waals surface area contributed by atoms with Crippen LogP contribution in [0.2, 0.25) is 0 Å². The zero-order valence-electron chi connectivity index (χ0n) is 9.90. The molecule has 0 spiro atoms. The van der Waals surface area contributed by atoms with Crippen molar-refractivity contribution in [1.29, 1.82) is 0 Å². The van der Waals surface area contributed by atoms with Crippen LogP contribution in [0.25, 0.3) is 0 Å². The molecule has 1 saturated heterocycles. The largest absolute Gasteiger partial charge is 0.300 e. The highest BCUT2D eigenvalue weighted by Gasteiger charge is 2.35. The van der Waals surface area contributed by atoms with Gasteiger partial charge in [0, 0.05) is 19.0 Å². The number of likely N-dealkylation sites (N-methyl/N-ethyl adjacent to an activating group) is 1. The number of aryl methyl sites for hydroxylation is 1. The Kier molecular flexibility index (Phi) is 3.54. The van der Waals surface area contributed by atoms with Crippen molar-refractivity contribution in [3.05, 3.63) is 16.1 Å². The second-order valence-corrected chi connectivity index (χ2v) is 4.96. The van der Waals surface area contributed by atoms with Gasteiger partial charge in [0.25, 0.3) is 0 Å². The predicted molar refractivity (Wildman–Crippen MR) is 64.5 cm³/mol. The Morgan fingerprint density at radius 3 is 2.88 bits per heavy atom. The molecule has 0 saturated carbocycles. The molecule has 6 heteroatoms. The van der Waals surface area contributed by atoms with E-state index < -0.39 is 0 Å². The normalized spacial score (nSPS) is 20.4. The first-order valence-electron chi connectivity index (χ1n) is 5.59. The SMILES string of the molecule is CCc1nc(CNC2CC(=O)N(C)C2=O)cs1. The summed E-state index contributed by atoms with van der Waals surface area (Å²) in [6.07, 6.45) is 1.17. The van der Waals surface area contributed by atoms with E-state index in [4.69, 9.17) is 0 Å². The summed E-state index contributed by atoms with van der Waals surface area (Å²) in [6.45, 7) is 2.60. The summed E-state index contributed by atoms with van der Waals surface area (Å²) in [4.78, 5) is 28.5. The number of imide groups is 1. The monoisotopic (exact) mass is 253 g/mol. The van der Waals surface area contributed by atoms with Gasteiger partial charge in [0.1, 0.15) is 0 Å². The lowest BCUT2D eigenvalue weighted by atomic mass is 10.2. The van der Waals surface area contributed by atoms with Crippen LogP contribution in [0.15, 0.2) is 5.38 Å². The molecule has 2 rings (SSSR count). The van der Waals surface area contributed by atoms with E-state index in [9.17, 15) is 9.59 Å². The summed E-state index contributed by atoms with van der Waals surface area (Å²) in [5.41, 5.74) is 0.932. The number of nitrogens with one attached hydrogen (secondary N) is 1. The van der Waals surface area contributed by atoms with Crippen molar-refractivity contribution < 1.29 is 9.59 Å². The van der Waals surface area contributed by atoms with Gasteiger partial charge in [-0.2, -0.15) is 0 Å². The molecule has 0 radical (unpaired) electrons. The van der Waals surface area contributed by atoms with Gasteiger partial charge >= 0.3 is 0 Å². The third-order valence-electron chi connectivity index (χ3n) is 2.81. The fourth-order valence-electron chi connectivity index (χ4n) is 1.74. The Labute approximate surface area is 104 Å². The molecular weight excluding hydrogens is 238 g/mol. The maximum atomic E-state index is 11.6. The lowest BCUT2D eigenvalue weighted by Crippen LogP contribution is -2.36. The smallest absolute Gasteiger partial charge is 0.246 e. The van der Waals surface area contributed by atoms with Gasteiger partial charge in [-0.15, -0.1) is 11.3 Å². The molecule has 1 fully saturated rings. The summed E-state index contributed by atoms with van der Waals surface area (Å²) in [6, 6.07) is -0.390. The summed E-state index contributed by atoms with van der Waals surface area (Å²) < 4.78 is 0. The maximum absolute atomic E-state index is 11.6. The minimum absolute atomic E-state index is 0.125. The van der Waals surface area contributed by atoms with Crippen LogP contribution in [0, 0.1) is 0 Å². The van der Waals surface area contributed by atoms with E-state index in [1.54, 1.807) is 11.3 Å². The number of rotatable bonds is 4. The molecule has 1 N–H and O–H groups in total. The van der Waals surface area contributed by atoms with Crippen LogP contribution in [-0.2, 0) is 22.6 Å². The van der Waals surface area contributed by atoms with Crippen molar-refractivity contribution in [3.8, 4) is 0 Å². The van der Waals surface area contributed by atoms with Gasteiger partial charge in [-0.1, -0.05) is 6.92 Å². The van der Waals surface area contributed by atoms with Gasteiger partial charge in [0.05, 0.1) is 23.2 Å². The molecule has 2 amide bonds. The number of thiazole rings is 1. The Bertz CT molecular complexity index is 444. The van der Waals surface area contributed by atoms with Crippen molar-refractivity contribution in [3.63, 3.8) is 0 Å². The van der Waals surface area contributed by atoms with Gasteiger partial charge in [-0.3, -0.25) is 19.8 Å². The number of carbonyl (C=O) groups excluding carboxylic acids is 2. The number of carbonyl (C=O) groups is 2. The van der Waals surface area contributed by atoms with Crippen LogP contribution >= 0.6 is 11.3 Å². The molecule has 1 unspecified atom stereocenters. The third kappa shape index (κ3) is 2.53. The zero-order chi connectivity index (χ0) is 12.4. The summed E-state index contributed by atoms with van der Waals surface area (Å²) in [7, 11) is 1.52. The van der Waals surface area contributed by atoms with E-state index in [0.717, 1.165) is 17.1 Å². The number of nitrogens with zero attached hydrogens (tertiary/aromatic N) is 2. The molecule has 0 aromatic carbocycles. The van der Waals surface area contributed by atoms with Crippen molar-refractivity contribution >= 4 is 23.2 Å². The summed E-state index contributed by atoms with van der Waals surface area (Å²) in [5, 5.41) is 6.15. The highest BCUT2D eigenvalue weighted by atomic mass is 32.1. The second kappa shape index (κ2) is 4.93. The lowest BCUT2D eigenvalue weighted by Gasteiger charge is -2.09. The van der Waals surface area contributed by atoms with E-state index in [2.05, 4.69) is 17.2 Å². The standard InChI is InChI=1S/C11H15N3O2S/c1-3-9-13-7(6-17-9)5-12-8-4-10(15)14(2)11(8)16/h6,8,12H,3-5H2,1-2H3.